The summed E-state index contributed by atoms with van der Waals surface area (Å²) in [7, 11) is 0. The molecule has 11 unspecified atom stereocenters. The van der Waals surface area contributed by atoms with Gasteiger partial charge in [-0.05, 0) is 148 Å². The van der Waals surface area contributed by atoms with Crippen molar-refractivity contribution in [1.82, 2.24) is 0 Å². The number of carbonyl (C=O) groups is 1. The molecular weight excluding hydrogens is 620 g/mol. The van der Waals surface area contributed by atoms with Crippen LogP contribution in [0.4, 0.5) is 11.4 Å². The molecule has 50 heavy (non-hydrogen) atoms. The number of allylic oxidation sites excluding steroid dienone is 2. The highest BCUT2D eigenvalue weighted by atomic mass is 16.6. The van der Waals surface area contributed by atoms with Crippen LogP contribution in [0.3, 0.4) is 0 Å². The summed E-state index contributed by atoms with van der Waals surface area (Å²) in [6.07, 6.45) is 12.4. The van der Waals surface area contributed by atoms with Gasteiger partial charge in [-0.1, -0.05) is 70.9 Å². The number of fused-ring (bicyclic) bond motifs is 5. The van der Waals surface area contributed by atoms with Gasteiger partial charge in [0.2, 0.25) is 0 Å². The molecule has 6 heteroatoms. The Kier molecular flexibility index (Phi) is 10.6. The van der Waals surface area contributed by atoms with Crippen LogP contribution in [0.1, 0.15) is 135 Å². The van der Waals surface area contributed by atoms with E-state index in [2.05, 4.69) is 54.5 Å². The first kappa shape index (κ1) is 36.9. The van der Waals surface area contributed by atoms with Crippen molar-refractivity contribution in [2.24, 2.45) is 51.8 Å². The first-order chi connectivity index (χ1) is 23.6. The second kappa shape index (κ2) is 14.3. The second-order valence-electron chi connectivity index (χ2n) is 18.1. The van der Waals surface area contributed by atoms with E-state index >= 15 is 0 Å². The van der Waals surface area contributed by atoms with Crippen molar-refractivity contribution in [3.63, 3.8) is 0 Å². The minimum Gasteiger partial charge on any atom is -0.458 e. The van der Waals surface area contributed by atoms with Crippen molar-refractivity contribution in [3.05, 3.63) is 71.3 Å². The minimum absolute atomic E-state index is 0.0234. The van der Waals surface area contributed by atoms with E-state index in [-0.39, 0.29) is 34.9 Å². The SMILES string of the molecule is CC(C)=CCCCC(C)C1CCC2C3CC(OC(=O)c4cccc(N)c4)C4C(C)(C)C(OC(O)c5cccc(N)c5)CCC4(C)C3CCC12C. The Bertz CT molecular complexity index is 1550. The van der Waals surface area contributed by atoms with Crippen LogP contribution in [0.5, 0.6) is 0 Å². The van der Waals surface area contributed by atoms with Gasteiger partial charge in [0, 0.05) is 22.9 Å². The van der Waals surface area contributed by atoms with Crippen molar-refractivity contribution in [2.45, 2.75) is 131 Å². The average Bonchev–Trinajstić information content (AvgIpc) is 3.41. The lowest BCUT2D eigenvalue weighted by Crippen LogP contribution is -2.64. The highest BCUT2D eigenvalue weighted by Crippen LogP contribution is 2.71. The Morgan fingerprint density at radius 3 is 2.32 bits per heavy atom. The lowest BCUT2D eigenvalue weighted by molar-refractivity contribution is -0.255. The third-order valence-electron chi connectivity index (χ3n) is 14.5. The van der Waals surface area contributed by atoms with Crippen molar-refractivity contribution >= 4 is 17.3 Å². The van der Waals surface area contributed by atoms with Gasteiger partial charge in [-0.25, -0.2) is 4.79 Å². The highest BCUT2D eigenvalue weighted by Gasteiger charge is 2.67. The number of esters is 1. The van der Waals surface area contributed by atoms with Crippen molar-refractivity contribution < 1.29 is 19.4 Å². The summed E-state index contributed by atoms with van der Waals surface area (Å²) in [5.41, 5.74) is 15.8. The summed E-state index contributed by atoms with van der Waals surface area (Å²) in [4.78, 5) is 13.9. The molecular formula is C44H64N2O4. The van der Waals surface area contributed by atoms with Crippen LogP contribution in [-0.2, 0) is 9.47 Å². The van der Waals surface area contributed by atoms with Crippen LogP contribution < -0.4 is 11.5 Å². The molecule has 2 aromatic carbocycles. The fourth-order valence-electron chi connectivity index (χ4n) is 12.4. The Balaban J connectivity index is 1.29. The molecule has 4 saturated carbocycles. The monoisotopic (exact) mass is 684 g/mol. The molecule has 0 radical (unpaired) electrons. The van der Waals surface area contributed by atoms with E-state index in [9.17, 15) is 9.90 Å². The molecule has 0 amide bonds. The Hall–Kier alpha value is -2.83. The van der Waals surface area contributed by atoms with E-state index in [1.54, 1.807) is 18.2 Å². The molecule has 0 saturated heterocycles. The number of benzene rings is 2. The van der Waals surface area contributed by atoms with Gasteiger partial charge in [-0.15, -0.1) is 0 Å². The van der Waals surface area contributed by atoms with Crippen molar-refractivity contribution in [1.29, 1.82) is 0 Å². The molecule has 274 valence electrons. The molecule has 6 nitrogen and oxygen atoms in total. The first-order valence-electron chi connectivity index (χ1n) is 19.5. The maximum atomic E-state index is 13.9. The minimum atomic E-state index is -1.08. The predicted molar refractivity (Wildman–Crippen MR) is 203 cm³/mol. The normalized spacial score (nSPS) is 35.6. The van der Waals surface area contributed by atoms with E-state index in [4.69, 9.17) is 20.9 Å². The summed E-state index contributed by atoms with van der Waals surface area (Å²) >= 11 is 0. The lowest BCUT2D eigenvalue weighted by atomic mass is 9.40. The predicted octanol–water partition coefficient (Wildman–Crippen LogP) is 10.1. The number of hydrogen-bond donors (Lipinski definition) is 3. The number of anilines is 2. The van der Waals surface area contributed by atoms with Crippen molar-refractivity contribution in [2.75, 3.05) is 11.5 Å². The molecule has 4 aliphatic carbocycles. The zero-order valence-electron chi connectivity index (χ0n) is 31.8. The first-order valence-corrected chi connectivity index (χ1v) is 19.5. The van der Waals surface area contributed by atoms with Crippen LogP contribution in [0.2, 0.25) is 0 Å². The van der Waals surface area contributed by atoms with E-state index < -0.39 is 6.29 Å². The van der Waals surface area contributed by atoms with E-state index in [0.717, 1.165) is 25.2 Å². The van der Waals surface area contributed by atoms with E-state index in [0.29, 0.717) is 51.6 Å². The smallest absolute Gasteiger partial charge is 0.338 e. The average molecular weight is 685 g/mol. The third kappa shape index (κ3) is 6.88. The molecule has 4 aliphatic rings. The fraction of sp³-hybridized carbons (Fsp3) is 0.659. The standard InChI is InChI=1S/C44H64N2O4/c1-27(2)12-8-9-13-28(3)34-18-19-35-33-26-37(49-40(47)29-14-10-16-31(45)24-29)39-42(4,5)38(50-41(48)30-15-11-17-32(46)25-30)21-23-44(39,7)36(33)20-22-43(34,35)6/h10-12,14-17,24-25,28,33-39,41,48H,8-9,13,18-23,26,45-46H2,1-7H3. The quantitative estimate of drug-likeness (QED) is 0.0756. The third-order valence-corrected chi connectivity index (χ3v) is 14.5. The maximum Gasteiger partial charge on any atom is 0.338 e. The van der Waals surface area contributed by atoms with Crippen LogP contribution in [0.25, 0.3) is 0 Å². The molecule has 0 heterocycles. The summed E-state index contributed by atoms with van der Waals surface area (Å²) in [5.74, 6) is 2.96. The molecule has 2 aromatic rings. The largest absolute Gasteiger partial charge is 0.458 e. The molecule has 0 spiro atoms. The Morgan fingerprint density at radius 2 is 1.62 bits per heavy atom. The van der Waals surface area contributed by atoms with Gasteiger partial charge in [0.15, 0.2) is 6.29 Å². The van der Waals surface area contributed by atoms with Crippen LogP contribution in [-0.4, -0.2) is 23.3 Å². The molecule has 4 fully saturated rings. The fourth-order valence-corrected chi connectivity index (χ4v) is 12.4. The summed E-state index contributed by atoms with van der Waals surface area (Å²) in [5, 5.41) is 11.3. The van der Waals surface area contributed by atoms with Crippen molar-refractivity contribution in [3.8, 4) is 0 Å². The van der Waals surface area contributed by atoms with Crippen LogP contribution in [0, 0.1) is 51.8 Å². The molecule has 11 atom stereocenters. The number of unbranched alkanes of at least 4 members (excludes halogenated alkanes) is 1. The highest BCUT2D eigenvalue weighted by molar-refractivity contribution is 5.90. The van der Waals surface area contributed by atoms with Gasteiger partial charge in [-0.3, -0.25) is 0 Å². The van der Waals surface area contributed by atoms with E-state index in [1.165, 1.54) is 50.5 Å². The zero-order valence-corrected chi connectivity index (χ0v) is 31.8. The number of ether oxygens (including phenoxy) is 2. The summed E-state index contributed by atoms with van der Waals surface area (Å²) in [6, 6.07) is 14.5. The molecule has 0 aliphatic heterocycles. The van der Waals surface area contributed by atoms with Gasteiger partial charge in [-0.2, -0.15) is 0 Å². The topological polar surface area (TPSA) is 108 Å². The molecule has 5 N–H and O–H groups in total. The number of aliphatic hydroxyl groups is 1. The molecule has 6 rings (SSSR count). The molecule has 0 bridgehead atoms. The van der Waals surface area contributed by atoms with Gasteiger partial charge >= 0.3 is 5.97 Å². The second-order valence-corrected chi connectivity index (χ2v) is 18.1. The number of rotatable bonds is 10. The van der Waals surface area contributed by atoms with Gasteiger partial charge < -0.3 is 26.0 Å². The zero-order chi connectivity index (χ0) is 36.0. The number of nitrogen functional groups attached to an aromatic ring is 2. The summed E-state index contributed by atoms with van der Waals surface area (Å²) < 4.78 is 13.3. The number of nitrogens with two attached hydrogens (primary N) is 2. The maximum absolute atomic E-state index is 13.9. The van der Waals surface area contributed by atoms with Crippen LogP contribution >= 0.6 is 0 Å². The number of aliphatic hydroxyl groups excluding tert-OH is 1. The summed E-state index contributed by atoms with van der Waals surface area (Å²) in [6.45, 7) is 16.6. The number of carbonyl (C=O) groups excluding carboxylic acids is 1. The van der Waals surface area contributed by atoms with Gasteiger partial charge in [0.25, 0.3) is 0 Å². The molecule has 0 aromatic heterocycles. The lowest BCUT2D eigenvalue weighted by Gasteiger charge is -2.66. The van der Waals surface area contributed by atoms with E-state index in [1.807, 2.05) is 30.3 Å². The number of hydrogen-bond acceptors (Lipinski definition) is 6. The Morgan fingerprint density at radius 1 is 0.940 bits per heavy atom. The Labute approximate surface area is 301 Å². The van der Waals surface area contributed by atoms with Gasteiger partial charge in [0.05, 0.1) is 11.7 Å². The van der Waals surface area contributed by atoms with Crippen LogP contribution in [0.15, 0.2) is 60.2 Å². The van der Waals surface area contributed by atoms with Gasteiger partial charge in [0.1, 0.15) is 6.10 Å².